The largest absolute Gasteiger partial charge is 0.492 e. The zero-order valence-electron chi connectivity index (χ0n) is 23.4. The van der Waals surface area contributed by atoms with E-state index in [1.807, 2.05) is 66.7 Å². The predicted octanol–water partition coefficient (Wildman–Crippen LogP) is 3.85. The second kappa shape index (κ2) is 12.4. The van der Waals surface area contributed by atoms with Crippen LogP contribution < -0.4 is 19.7 Å². The van der Waals surface area contributed by atoms with Crippen LogP contribution >= 0.6 is 0 Å². The number of nitrogens with zero attached hydrogens (tertiary/aromatic N) is 5. The van der Waals surface area contributed by atoms with Crippen LogP contribution in [0, 0.1) is 11.8 Å². The minimum absolute atomic E-state index is 0.0215. The third kappa shape index (κ3) is 6.31. The maximum atomic E-state index is 13.3. The van der Waals surface area contributed by atoms with Crippen LogP contribution in [0.2, 0.25) is 0 Å². The van der Waals surface area contributed by atoms with E-state index in [0.29, 0.717) is 31.0 Å². The van der Waals surface area contributed by atoms with Gasteiger partial charge in [0, 0.05) is 30.6 Å². The quantitative estimate of drug-likeness (QED) is 0.233. The van der Waals surface area contributed by atoms with Gasteiger partial charge in [0.15, 0.2) is 0 Å². The van der Waals surface area contributed by atoms with Crippen molar-refractivity contribution in [2.45, 2.75) is 19.0 Å². The van der Waals surface area contributed by atoms with E-state index in [9.17, 15) is 9.59 Å². The normalized spacial score (nSPS) is 14.2. The lowest BCUT2D eigenvalue weighted by Crippen LogP contribution is -2.49. The molecular weight excluding hydrogens is 544 g/mol. The number of hydrogen-bond acceptors (Lipinski definition) is 7. The molecule has 0 radical (unpaired) electrons. The third-order valence-electron chi connectivity index (χ3n) is 6.91. The maximum absolute atomic E-state index is 13.3. The van der Waals surface area contributed by atoms with Crippen molar-refractivity contribution >= 4 is 28.4 Å². The van der Waals surface area contributed by atoms with Gasteiger partial charge < -0.3 is 19.7 Å². The van der Waals surface area contributed by atoms with E-state index in [1.54, 1.807) is 30.1 Å². The van der Waals surface area contributed by atoms with Gasteiger partial charge in [-0.2, -0.15) is 0 Å². The topological polar surface area (TPSA) is 111 Å². The fourth-order valence-electron chi connectivity index (χ4n) is 4.73. The number of pyridine rings is 1. The summed E-state index contributed by atoms with van der Waals surface area (Å²) >= 11 is 0. The number of aromatic nitrogens is 4. The second-order valence-corrected chi connectivity index (χ2v) is 9.89. The molecule has 0 spiro atoms. The standard InChI is InChI=1S/C33H28N6O4/c1-38-28-19-23(9-5-6-18-42-29-14-7-13-26-25(29)12-8-17-34-26)15-16-30(28)43-21-27(33(38)41)36-32(40)31-35-22-39(37-31)20-24-10-3-2-4-11-24/h2-4,7-8,10-17,19,22,27H,6,18,20-21H2,1H3,(H,36,40)/t27-/m1/s1. The number of benzene rings is 3. The van der Waals surface area contributed by atoms with Crippen LogP contribution in [0.3, 0.4) is 0 Å². The molecule has 2 amide bonds. The zero-order chi connectivity index (χ0) is 29.6. The predicted molar refractivity (Wildman–Crippen MR) is 161 cm³/mol. The monoisotopic (exact) mass is 572 g/mol. The summed E-state index contributed by atoms with van der Waals surface area (Å²) in [7, 11) is 1.64. The van der Waals surface area contributed by atoms with Gasteiger partial charge in [0.25, 0.3) is 11.8 Å². The summed E-state index contributed by atoms with van der Waals surface area (Å²) < 4.78 is 13.4. The number of hydrogen-bond donors (Lipinski definition) is 1. The van der Waals surface area contributed by atoms with Gasteiger partial charge in [-0.05, 0) is 48.0 Å². The van der Waals surface area contributed by atoms with E-state index in [2.05, 4.69) is 32.2 Å². The van der Waals surface area contributed by atoms with Gasteiger partial charge in [-0.25, -0.2) is 9.67 Å². The molecule has 10 nitrogen and oxygen atoms in total. The highest BCUT2D eigenvalue weighted by molar-refractivity contribution is 6.02. The molecule has 0 aliphatic carbocycles. The SMILES string of the molecule is CN1C(=O)[C@H](NC(=O)c2ncn(Cc3ccccc3)n2)COc2ccc(C#CCCOc3cccc4ncccc34)cc21. The van der Waals surface area contributed by atoms with Crippen molar-refractivity contribution in [3.05, 3.63) is 108 Å². The number of nitrogens with one attached hydrogen (secondary N) is 1. The first-order chi connectivity index (χ1) is 21.0. The van der Waals surface area contributed by atoms with Crippen LogP contribution in [0.15, 0.2) is 91.4 Å². The molecule has 10 heteroatoms. The van der Waals surface area contributed by atoms with Gasteiger partial charge in [-0.1, -0.05) is 48.2 Å². The molecule has 1 aliphatic heterocycles. The van der Waals surface area contributed by atoms with Gasteiger partial charge in [0.1, 0.15) is 30.5 Å². The van der Waals surface area contributed by atoms with Crippen LogP contribution in [0.1, 0.15) is 28.2 Å². The van der Waals surface area contributed by atoms with E-state index < -0.39 is 11.9 Å². The molecule has 0 unspecified atom stereocenters. The summed E-state index contributed by atoms with van der Waals surface area (Å²) in [6.45, 7) is 0.873. The molecule has 1 N–H and O–H groups in total. The van der Waals surface area contributed by atoms with Gasteiger partial charge >= 0.3 is 0 Å². The molecule has 6 rings (SSSR count). The first-order valence-electron chi connectivity index (χ1n) is 13.8. The van der Waals surface area contributed by atoms with E-state index >= 15 is 0 Å². The molecule has 3 heterocycles. The van der Waals surface area contributed by atoms with E-state index in [1.165, 1.54) is 11.2 Å². The smallest absolute Gasteiger partial charge is 0.291 e. The summed E-state index contributed by atoms with van der Waals surface area (Å²) in [5, 5.41) is 7.94. The van der Waals surface area contributed by atoms with Crippen molar-refractivity contribution < 1.29 is 19.1 Å². The van der Waals surface area contributed by atoms with Crippen LogP contribution in [0.25, 0.3) is 10.9 Å². The van der Waals surface area contributed by atoms with Crippen molar-refractivity contribution in [3.63, 3.8) is 0 Å². The molecule has 5 aromatic rings. The molecule has 0 saturated heterocycles. The van der Waals surface area contributed by atoms with Crippen molar-refractivity contribution in [1.82, 2.24) is 25.1 Å². The number of fused-ring (bicyclic) bond motifs is 2. The van der Waals surface area contributed by atoms with Crippen LogP contribution in [0.5, 0.6) is 11.5 Å². The fraction of sp³-hybridized carbons (Fsp3) is 0.182. The number of rotatable bonds is 7. The first kappa shape index (κ1) is 27.5. The lowest BCUT2D eigenvalue weighted by molar-refractivity contribution is -0.120. The average Bonchev–Trinajstić information content (AvgIpc) is 3.47. The van der Waals surface area contributed by atoms with Gasteiger partial charge in [0.2, 0.25) is 5.82 Å². The molecule has 0 fully saturated rings. The average molecular weight is 573 g/mol. The summed E-state index contributed by atoms with van der Waals surface area (Å²) in [5.74, 6) is 6.66. The summed E-state index contributed by atoms with van der Waals surface area (Å²) in [5.41, 5.74) is 3.21. The van der Waals surface area contributed by atoms with Gasteiger partial charge in [-0.3, -0.25) is 14.6 Å². The van der Waals surface area contributed by atoms with E-state index in [4.69, 9.17) is 9.47 Å². The Morgan fingerprint density at radius 3 is 2.84 bits per heavy atom. The lowest BCUT2D eigenvalue weighted by atomic mass is 10.1. The van der Waals surface area contributed by atoms with Crippen molar-refractivity contribution in [2.75, 3.05) is 25.2 Å². The van der Waals surface area contributed by atoms with Crippen molar-refractivity contribution in [2.24, 2.45) is 0 Å². The molecule has 1 atom stereocenters. The number of carbonyl (C=O) groups is 2. The lowest BCUT2D eigenvalue weighted by Gasteiger charge is -2.20. The highest BCUT2D eigenvalue weighted by Gasteiger charge is 2.31. The fourth-order valence-corrected chi connectivity index (χ4v) is 4.73. The van der Waals surface area contributed by atoms with Crippen LogP contribution in [-0.4, -0.2) is 57.9 Å². The minimum atomic E-state index is -0.915. The molecule has 1 aliphatic rings. The molecule has 2 aromatic heterocycles. The highest BCUT2D eigenvalue weighted by atomic mass is 16.5. The number of anilines is 1. The van der Waals surface area contributed by atoms with Crippen LogP contribution in [0.4, 0.5) is 5.69 Å². The Morgan fingerprint density at radius 1 is 1.07 bits per heavy atom. The molecule has 43 heavy (non-hydrogen) atoms. The van der Waals surface area contributed by atoms with Gasteiger partial charge in [-0.15, -0.1) is 5.10 Å². The molecule has 0 bridgehead atoms. The Morgan fingerprint density at radius 2 is 1.95 bits per heavy atom. The third-order valence-corrected chi connectivity index (χ3v) is 6.91. The molecule has 3 aromatic carbocycles. The Kier molecular flexibility index (Phi) is 7.95. The first-order valence-corrected chi connectivity index (χ1v) is 13.8. The Labute approximate surface area is 248 Å². The summed E-state index contributed by atoms with van der Waals surface area (Å²) in [6, 6.07) is 23.9. The number of amides is 2. The molecule has 214 valence electrons. The minimum Gasteiger partial charge on any atom is -0.492 e. The van der Waals surface area contributed by atoms with Gasteiger partial charge in [0.05, 0.1) is 24.4 Å². The highest BCUT2D eigenvalue weighted by Crippen LogP contribution is 2.31. The maximum Gasteiger partial charge on any atom is 0.291 e. The molecule has 0 saturated carbocycles. The van der Waals surface area contributed by atoms with E-state index in [-0.39, 0.29) is 18.3 Å². The van der Waals surface area contributed by atoms with E-state index in [0.717, 1.165) is 27.8 Å². The number of carbonyl (C=O) groups excluding carboxylic acids is 2. The Bertz CT molecular complexity index is 1840. The summed E-state index contributed by atoms with van der Waals surface area (Å²) in [6.07, 6.45) is 3.76. The Balaban J connectivity index is 1.06. The van der Waals surface area contributed by atoms with Crippen LogP contribution in [-0.2, 0) is 11.3 Å². The Hall–Kier alpha value is -5.69. The zero-order valence-corrected chi connectivity index (χ0v) is 23.4. The molecular formula is C33H28N6O4. The van der Waals surface area contributed by atoms with Crippen molar-refractivity contribution in [3.8, 4) is 23.3 Å². The van der Waals surface area contributed by atoms with Crippen molar-refractivity contribution in [1.29, 1.82) is 0 Å². The summed E-state index contributed by atoms with van der Waals surface area (Å²) in [4.78, 5) is 36.1. The second-order valence-electron chi connectivity index (χ2n) is 9.89. The number of likely N-dealkylation sites (N-methyl/N-ethyl adjacent to an activating group) is 1. The number of ether oxygens (including phenoxy) is 2.